The summed E-state index contributed by atoms with van der Waals surface area (Å²) in [6.45, 7) is 4.23. The fourth-order valence-corrected chi connectivity index (χ4v) is 6.62. The average molecular weight is 471 g/mol. The monoisotopic (exact) mass is 470 g/mol. The van der Waals surface area contributed by atoms with Crippen molar-refractivity contribution in [1.29, 1.82) is 0 Å². The van der Waals surface area contributed by atoms with Gasteiger partial charge in [-0.25, -0.2) is 0 Å². The second-order valence-corrected chi connectivity index (χ2v) is 10.5. The van der Waals surface area contributed by atoms with E-state index >= 15 is 0 Å². The van der Waals surface area contributed by atoms with Crippen LogP contribution in [0.3, 0.4) is 0 Å². The van der Waals surface area contributed by atoms with Crippen molar-refractivity contribution in [2.75, 3.05) is 0 Å². The normalized spacial score (nSPS) is 13.8. The topological polar surface area (TPSA) is 51.8 Å². The van der Waals surface area contributed by atoms with E-state index in [0.717, 1.165) is 36.8 Å². The molecule has 7 rings (SSSR count). The van der Waals surface area contributed by atoms with E-state index in [1.807, 2.05) is 12.1 Å². The molecule has 2 heterocycles. The average Bonchev–Trinajstić information content (AvgIpc) is 3.51. The van der Waals surface area contributed by atoms with Crippen molar-refractivity contribution in [1.82, 2.24) is 9.97 Å². The number of phenolic OH excluding ortho intramolecular Hbond substituents is 1. The van der Waals surface area contributed by atoms with Crippen molar-refractivity contribution in [2.24, 2.45) is 0 Å². The SMILES string of the molecule is Cc1cc(O)cc(C)c1C(c1cc2c([nH]1)-c1ccccc1CC2)c1cc2c([nH]1)-c1ccccc1CC2. The lowest BCUT2D eigenvalue weighted by molar-refractivity contribution is 0.474. The van der Waals surface area contributed by atoms with Crippen LogP contribution in [0.1, 0.15) is 56.2 Å². The number of hydrogen-bond donors (Lipinski definition) is 3. The zero-order valence-corrected chi connectivity index (χ0v) is 20.8. The van der Waals surface area contributed by atoms with Gasteiger partial charge in [-0.1, -0.05) is 48.5 Å². The van der Waals surface area contributed by atoms with E-state index < -0.39 is 0 Å². The fourth-order valence-electron chi connectivity index (χ4n) is 6.62. The highest BCUT2D eigenvalue weighted by molar-refractivity contribution is 5.73. The summed E-state index contributed by atoms with van der Waals surface area (Å²) in [5.74, 6) is 0.355. The molecule has 2 aliphatic carbocycles. The lowest BCUT2D eigenvalue weighted by Gasteiger charge is -2.21. The summed E-state index contributed by atoms with van der Waals surface area (Å²) in [6, 6.07) is 26.1. The maximum atomic E-state index is 10.3. The summed E-state index contributed by atoms with van der Waals surface area (Å²) < 4.78 is 0. The molecule has 3 aromatic carbocycles. The molecule has 2 aromatic heterocycles. The van der Waals surface area contributed by atoms with Crippen LogP contribution in [-0.2, 0) is 25.7 Å². The molecule has 0 aliphatic heterocycles. The van der Waals surface area contributed by atoms with Gasteiger partial charge in [0.25, 0.3) is 0 Å². The van der Waals surface area contributed by atoms with Gasteiger partial charge < -0.3 is 15.1 Å². The number of aromatic hydroxyl groups is 1. The third-order valence-corrected chi connectivity index (χ3v) is 8.23. The number of benzene rings is 3. The van der Waals surface area contributed by atoms with Crippen LogP contribution in [0.4, 0.5) is 0 Å². The third-order valence-electron chi connectivity index (χ3n) is 8.23. The minimum atomic E-state index is 0.0288. The lowest BCUT2D eigenvalue weighted by Crippen LogP contribution is -2.09. The summed E-state index contributed by atoms with van der Waals surface area (Å²) in [5, 5.41) is 10.3. The number of H-pyrrole nitrogens is 2. The van der Waals surface area contributed by atoms with Crippen molar-refractivity contribution in [2.45, 2.75) is 45.4 Å². The number of aryl methyl sites for hydroxylation is 6. The molecule has 0 amide bonds. The molecule has 0 atom stereocenters. The molecule has 0 bridgehead atoms. The largest absolute Gasteiger partial charge is 0.508 e. The van der Waals surface area contributed by atoms with Crippen LogP contribution in [-0.4, -0.2) is 15.1 Å². The Labute approximate surface area is 211 Å². The minimum Gasteiger partial charge on any atom is -0.508 e. The van der Waals surface area contributed by atoms with Gasteiger partial charge in [0.05, 0.1) is 5.92 Å². The highest BCUT2D eigenvalue weighted by atomic mass is 16.3. The Bertz CT molecular complexity index is 1520. The first-order valence-electron chi connectivity index (χ1n) is 13.0. The molecule has 0 fully saturated rings. The van der Waals surface area contributed by atoms with Crippen molar-refractivity contribution in [3.05, 3.63) is 123 Å². The number of phenols is 1. The van der Waals surface area contributed by atoms with E-state index in [1.165, 1.54) is 61.7 Å². The smallest absolute Gasteiger partial charge is 0.116 e. The molecule has 0 unspecified atom stereocenters. The van der Waals surface area contributed by atoms with Gasteiger partial charge in [-0.05, 0) is 103 Å². The molecule has 5 aromatic rings. The van der Waals surface area contributed by atoms with E-state index in [1.54, 1.807) is 0 Å². The Hall–Kier alpha value is -3.98. The zero-order valence-electron chi connectivity index (χ0n) is 20.8. The molecule has 0 spiro atoms. The molecule has 0 radical (unpaired) electrons. The Morgan fingerprint density at radius 1 is 0.611 bits per heavy atom. The van der Waals surface area contributed by atoms with Crippen molar-refractivity contribution in [3.63, 3.8) is 0 Å². The standard InChI is InChI=1S/C33H30N2O/c1-19-15-25(36)16-20(2)30(19)31(28-17-23-13-11-21-7-3-5-9-26(21)32(23)34-28)29-18-24-14-12-22-8-4-6-10-27(22)33(24)35-29/h3-10,15-18,31,34-36H,11-14H2,1-2H3. The predicted molar refractivity (Wildman–Crippen MR) is 146 cm³/mol. The highest BCUT2D eigenvalue weighted by Gasteiger charge is 2.29. The van der Waals surface area contributed by atoms with Crippen LogP contribution < -0.4 is 0 Å². The number of fused-ring (bicyclic) bond motifs is 6. The zero-order chi connectivity index (χ0) is 24.4. The second-order valence-electron chi connectivity index (χ2n) is 10.5. The van der Waals surface area contributed by atoms with Gasteiger partial charge >= 0.3 is 0 Å². The molecule has 36 heavy (non-hydrogen) atoms. The van der Waals surface area contributed by atoms with Crippen LogP contribution in [0, 0.1) is 13.8 Å². The van der Waals surface area contributed by atoms with Crippen molar-refractivity contribution < 1.29 is 5.11 Å². The van der Waals surface area contributed by atoms with E-state index in [-0.39, 0.29) is 5.92 Å². The molecule has 178 valence electrons. The fraction of sp³-hybridized carbons (Fsp3) is 0.212. The van der Waals surface area contributed by atoms with Gasteiger partial charge in [-0.3, -0.25) is 0 Å². The van der Waals surface area contributed by atoms with Gasteiger partial charge in [-0.15, -0.1) is 0 Å². The van der Waals surface area contributed by atoms with Crippen LogP contribution >= 0.6 is 0 Å². The van der Waals surface area contributed by atoms with Gasteiger partial charge in [0.15, 0.2) is 0 Å². The molecular formula is C33H30N2O. The van der Waals surface area contributed by atoms with Crippen LogP contribution in [0.25, 0.3) is 22.5 Å². The lowest BCUT2D eigenvalue weighted by atomic mass is 9.85. The first-order chi connectivity index (χ1) is 17.6. The van der Waals surface area contributed by atoms with E-state index in [2.05, 4.69) is 84.5 Å². The van der Waals surface area contributed by atoms with Crippen LogP contribution in [0.2, 0.25) is 0 Å². The Kier molecular flexibility index (Phi) is 4.75. The van der Waals surface area contributed by atoms with Gasteiger partial charge in [0.1, 0.15) is 5.75 Å². The highest BCUT2D eigenvalue weighted by Crippen LogP contribution is 2.43. The summed E-state index contributed by atoms with van der Waals surface area (Å²) in [5.41, 5.74) is 16.7. The number of nitrogens with one attached hydrogen (secondary N) is 2. The molecule has 0 saturated carbocycles. The quantitative estimate of drug-likeness (QED) is 0.253. The summed E-state index contributed by atoms with van der Waals surface area (Å²) in [7, 11) is 0. The predicted octanol–water partition coefficient (Wildman–Crippen LogP) is 7.38. The number of hydrogen-bond acceptors (Lipinski definition) is 1. The Balaban J connectivity index is 1.44. The number of aromatic amines is 2. The number of aromatic nitrogens is 2. The summed E-state index contributed by atoms with van der Waals surface area (Å²) >= 11 is 0. The molecular weight excluding hydrogens is 440 g/mol. The van der Waals surface area contributed by atoms with Gasteiger partial charge in [0.2, 0.25) is 0 Å². The Morgan fingerprint density at radius 3 is 1.56 bits per heavy atom. The second kappa shape index (κ2) is 8.03. The molecule has 3 N–H and O–H groups in total. The number of rotatable bonds is 3. The summed E-state index contributed by atoms with van der Waals surface area (Å²) in [4.78, 5) is 7.75. The Morgan fingerprint density at radius 2 is 1.06 bits per heavy atom. The van der Waals surface area contributed by atoms with E-state index in [0.29, 0.717) is 5.75 Å². The summed E-state index contributed by atoms with van der Waals surface area (Å²) in [6.07, 6.45) is 4.27. The minimum absolute atomic E-state index is 0.0288. The van der Waals surface area contributed by atoms with E-state index in [9.17, 15) is 5.11 Å². The molecule has 3 heteroatoms. The molecule has 2 aliphatic rings. The first kappa shape index (κ1) is 21.3. The van der Waals surface area contributed by atoms with E-state index in [4.69, 9.17) is 0 Å². The van der Waals surface area contributed by atoms with Crippen molar-refractivity contribution in [3.8, 4) is 28.3 Å². The van der Waals surface area contributed by atoms with Gasteiger partial charge in [0, 0.05) is 33.9 Å². The third kappa shape index (κ3) is 3.26. The van der Waals surface area contributed by atoms with Crippen LogP contribution in [0.5, 0.6) is 5.75 Å². The molecule has 3 nitrogen and oxygen atoms in total. The van der Waals surface area contributed by atoms with Crippen molar-refractivity contribution >= 4 is 0 Å². The maximum absolute atomic E-state index is 10.3. The first-order valence-corrected chi connectivity index (χ1v) is 13.0. The maximum Gasteiger partial charge on any atom is 0.116 e. The van der Waals surface area contributed by atoms with Gasteiger partial charge in [-0.2, -0.15) is 0 Å². The van der Waals surface area contributed by atoms with Crippen LogP contribution in [0.15, 0.2) is 72.8 Å². The molecule has 0 saturated heterocycles.